The minimum absolute atomic E-state index is 0.0836. The molecule has 1 fully saturated rings. The van der Waals surface area contributed by atoms with E-state index in [1.807, 2.05) is 7.05 Å². The van der Waals surface area contributed by atoms with Crippen molar-refractivity contribution in [2.75, 3.05) is 31.8 Å². The Morgan fingerprint density at radius 2 is 2.29 bits per heavy atom. The molecule has 1 unspecified atom stereocenters. The lowest BCUT2D eigenvalue weighted by Crippen LogP contribution is -2.37. The van der Waals surface area contributed by atoms with Gasteiger partial charge in [0.1, 0.15) is 0 Å². The third-order valence-corrected chi connectivity index (χ3v) is 4.07. The number of hydrogen-bond acceptors (Lipinski definition) is 3. The van der Waals surface area contributed by atoms with Crippen LogP contribution in [0.1, 0.15) is 12.8 Å². The molecule has 0 spiro atoms. The Labute approximate surface area is 90.7 Å². The van der Waals surface area contributed by atoms with Crippen molar-refractivity contribution < 1.29 is 8.42 Å². The summed E-state index contributed by atoms with van der Waals surface area (Å²) in [5.41, 5.74) is 0. The first-order chi connectivity index (χ1) is 6.53. The number of sulfonamides is 1. The molecule has 0 bridgehead atoms. The Morgan fingerprint density at radius 3 is 2.79 bits per heavy atom. The average Bonchev–Trinajstić information content (AvgIpc) is 2.47. The molecule has 14 heavy (non-hydrogen) atoms. The average molecular weight is 241 g/mol. The third kappa shape index (κ3) is 4.13. The van der Waals surface area contributed by atoms with Gasteiger partial charge in [0.2, 0.25) is 10.0 Å². The lowest BCUT2D eigenvalue weighted by atomic mass is 10.3. The summed E-state index contributed by atoms with van der Waals surface area (Å²) in [7, 11) is -1.12. The van der Waals surface area contributed by atoms with E-state index in [1.165, 1.54) is 0 Å². The summed E-state index contributed by atoms with van der Waals surface area (Å²) in [5.74, 6) is 0.530. The largest absolute Gasteiger partial charge is 0.305 e. The van der Waals surface area contributed by atoms with Gasteiger partial charge in [0.25, 0.3) is 0 Å². The van der Waals surface area contributed by atoms with Gasteiger partial charge in [-0.1, -0.05) is 0 Å². The molecule has 0 saturated carbocycles. The maximum atomic E-state index is 11.5. The molecule has 1 rings (SSSR count). The van der Waals surface area contributed by atoms with Crippen LogP contribution < -0.4 is 4.72 Å². The van der Waals surface area contributed by atoms with Gasteiger partial charge in [0, 0.05) is 18.5 Å². The first-order valence-corrected chi connectivity index (χ1v) is 6.97. The van der Waals surface area contributed by atoms with E-state index in [2.05, 4.69) is 9.62 Å². The Kier molecular flexibility index (Phi) is 4.63. The smallest absolute Gasteiger partial charge is 0.211 e. The molecule has 4 nitrogen and oxygen atoms in total. The quantitative estimate of drug-likeness (QED) is 0.701. The molecule has 84 valence electrons. The number of nitrogens with zero attached hydrogens (tertiary/aromatic N) is 1. The molecule has 1 aliphatic rings. The van der Waals surface area contributed by atoms with Crippen molar-refractivity contribution in [3.63, 3.8) is 0 Å². The van der Waals surface area contributed by atoms with Gasteiger partial charge < -0.3 is 4.90 Å². The van der Waals surface area contributed by atoms with Gasteiger partial charge in [-0.2, -0.15) is 0 Å². The predicted molar refractivity (Wildman–Crippen MR) is 58.2 cm³/mol. The number of rotatable bonds is 5. The molecule has 1 atom stereocenters. The maximum Gasteiger partial charge on any atom is 0.211 e. The van der Waals surface area contributed by atoms with E-state index in [0.29, 0.717) is 12.3 Å². The minimum atomic E-state index is -3.11. The van der Waals surface area contributed by atoms with Crippen molar-refractivity contribution in [1.82, 2.24) is 9.62 Å². The van der Waals surface area contributed by atoms with Crippen LogP contribution in [0, 0.1) is 0 Å². The van der Waals surface area contributed by atoms with Crippen LogP contribution in [0.15, 0.2) is 0 Å². The zero-order valence-corrected chi connectivity index (χ0v) is 9.94. The first kappa shape index (κ1) is 12.2. The highest BCUT2D eigenvalue weighted by Gasteiger charge is 2.23. The van der Waals surface area contributed by atoms with Gasteiger partial charge >= 0.3 is 0 Å². The molecule has 1 N–H and O–H groups in total. The molecule has 0 amide bonds. The van der Waals surface area contributed by atoms with Crippen LogP contribution in [0.3, 0.4) is 0 Å². The van der Waals surface area contributed by atoms with E-state index in [9.17, 15) is 8.42 Å². The molecule has 0 aromatic rings. The van der Waals surface area contributed by atoms with E-state index >= 15 is 0 Å². The summed E-state index contributed by atoms with van der Waals surface area (Å²) in [6, 6.07) is 0.0836. The molecule has 0 aliphatic carbocycles. The van der Waals surface area contributed by atoms with Gasteiger partial charge in [-0.15, -0.1) is 11.6 Å². The minimum Gasteiger partial charge on any atom is -0.305 e. The molecule has 6 heteroatoms. The normalized spacial score (nSPS) is 24.3. The Hall–Kier alpha value is 0.160. The number of alkyl halides is 1. The van der Waals surface area contributed by atoms with Crippen molar-refractivity contribution in [2.24, 2.45) is 0 Å². The number of likely N-dealkylation sites (tertiary alicyclic amines) is 1. The van der Waals surface area contributed by atoms with Crippen molar-refractivity contribution in [3.05, 3.63) is 0 Å². The third-order valence-electron chi connectivity index (χ3n) is 2.28. The number of halogens is 1. The molecule has 1 saturated heterocycles. The van der Waals surface area contributed by atoms with E-state index in [1.54, 1.807) is 0 Å². The second-order valence-electron chi connectivity index (χ2n) is 3.73. The Balaban J connectivity index is 2.35. The van der Waals surface area contributed by atoms with Crippen LogP contribution in [0.5, 0.6) is 0 Å². The van der Waals surface area contributed by atoms with Crippen molar-refractivity contribution in [3.8, 4) is 0 Å². The molecule has 0 radical (unpaired) electrons. The molecule has 0 aromatic carbocycles. The summed E-state index contributed by atoms with van der Waals surface area (Å²) >= 11 is 5.45. The highest BCUT2D eigenvalue weighted by molar-refractivity contribution is 7.89. The standard InChI is InChI=1S/C8H17ClN2O2S/c1-11-5-3-8(7-11)10-14(12,13)6-2-4-9/h8,10H,2-7H2,1H3. The van der Waals surface area contributed by atoms with E-state index < -0.39 is 10.0 Å². The van der Waals surface area contributed by atoms with Crippen LogP contribution in [0.4, 0.5) is 0 Å². The predicted octanol–water partition coefficient (Wildman–Crippen LogP) is 0.239. The Bertz CT molecular complexity index is 269. The summed E-state index contributed by atoms with van der Waals surface area (Å²) < 4.78 is 25.6. The van der Waals surface area contributed by atoms with E-state index in [0.717, 1.165) is 19.5 Å². The molecule has 1 heterocycles. The summed E-state index contributed by atoms with van der Waals surface area (Å²) in [6.07, 6.45) is 1.41. The second-order valence-corrected chi connectivity index (χ2v) is 5.98. The number of hydrogen-bond donors (Lipinski definition) is 1. The van der Waals surface area contributed by atoms with Gasteiger partial charge in [-0.25, -0.2) is 13.1 Å². The van der Waals surface area contributed by atoms with Crippen LogP contribution in [0.25, 0.3) is 0 Å². The van der Waals surface area contributed by atoms with Crippen molar-refractivity contribution >= 4 is 21.6 Å². The van der Waals surface area contributed by atoms with Crippen LogP contribution in [-0.2, 0) is 10.0 Å². The van der Waals surface area contributed by atoms with Crippen LogP contribution in [-0.4, -0.2) is 51.1 Å². The van der Waals surface area contributed by atoms with Crippen molar-refractivity contribution in [1.29, 1.82) is 0 Å². The fraction of sp³-hybridized carbons (Fsp3) is 1.00. The zero-order chi connectivity index (χ0) is 10.6. The highest BCUT2D eigenvalue weighted by Crippen LogP contribution is 2.07. The summed E-state index contributed by atoms with van der Waals surface area (Å²) in [4.78, 5) is 2.12. The van der Waals surface area contributed by atoms with Gasteiger partial charge in [-0.05, 0) is 26.4 Å². The van der Waals surface area contributed by atoms with Crippen molar-refractivity contribution in [2.45, 2.75) is 18.9 Å². The highest BCUT2D eigenvalue weighted by atomic mass is 35.5. The molecule has 0 aromatic heterocycles. The fourth-order valence-electron chi connectivity index (χ4n) is 1.59. The lowest BCUT2D eigenvalue weighted by Gasteiger charge is -2.12. The number of likely N-dealkylation sites (N-methyl/N-ethyl adjacent to an activating group) is 1. The van der Waals surface area contributed by atoms with Gasteiger partial charge in [0.15, 0.2) is 0 Å². The summed E-state index contributed by atoms with van der Waals surface area (Å²) in [6.45, 7) is 1.77. The summed E-state index contributed by atoms with van der Waals surface area (Å²) in [5, 5.41) is 0. The molecule has 1 aliphatic heterocycles. The van der Waals surface area contributed by atoms with Gasteiger partial charge in [0.05, 0.1) is 5.75 Å². The zero-order valence-electron chi connectivity index (χ0n) is 8.37. The van der Waals surface area contributed by atoms with E-state index in [-0.39, 0.29) is 11.8 Å². The lowest BCUT2D eigenvalue weighted by molar-refractivity contribution is 0.407. The molecular formula is C8H17ClN2O2S. The Morgan fingerprint density at radius 1 is 1.57 bits per heavy atom. The fourth-order valence-corrected chi connectivity index (χ4v) is 3.22. The monoisotopic (exact) mass is 240 g/mol. The SMILES string of the molecule is CN1CCC(NS(=O)(=O)CCCCl)C1. The van der Waals surface area contributed by atoms with Crippen LogP contribution >= 0.6 is 11.6 Å². The number of nitrogens with one attached hydrogen (secondary N) is 1. The first-order valence-electron chi connectivity index (χ1n) is 4.78. The van der Waals surface area contributed by atoms with Gasteiger partial charge in [-0.3, -0.25) is 0 Å². The molecular weight excluding hydrogens is 224 g/mol. The topological polar surface area (TPSA) is 49.4 Å². The maximum absolute atomic E-state index is 11.5. The van der Waals surface area contributed by atoms with E-state index in [4.69, 9.17) is 11.6 Å². The second kappa shape index (κ2) is 5.30. The van der Waals surface area contributed by atoms with Crippen LogP contribution in [0.2, 0.25) is 0 Å².